The molecule has 37 heavy (non-hydrogen) atoms. The van der Waals surface area contributed by atoms with Crippen LogP contribution >= 0.6 is 23.4 Å². The van der Waals surface area contributed by atoms with Gasteiger partial charge < -0.3 is 10.6 Å². The minimum atomic E-state index is -0.496. The molecule has 0 fully saturated rings. The first kappa shape index (κ1) is 25.9. The van der Waals surface area contributed by atoms with Crippen molar-refractivity contribution in [3.63, 3.8) is 0 Å². The minimum Gasteiger partial charge on any atom is -0.321 e. The highest BCUT2D eigenvalue weighted by atomic mass is 35.5. The van der Waals surface area contributed by atoms with Gasteiger partial charge in [-0.15, -0.1) is 11.8 Å². The van der Waals surface area contributed by atoms with Gasteiger partial charge in [0.25, 0.3) is 11.8 Å². The quantitative estimate of drug-likeness (QED) is 0.144. The highest BCUT2D eigenvalue weighted by Gasteiger charge is 2.16. The van der Waals surface area contributed by atoms with Crippen molar-refractivity contribution >= 4 is 52.7 Å². The molecule has 7 heteroatoms. The zero-order valence-corrected chi connectivity index (χ0v) is 21.3. The molecule has 184 valence electrons. The van der Waals surface area contributed by atoms with Crippen molar-refractivity contribution in [1.82, 2.24) is 5.32 Å². The van der Waals surface area contributed by atoms with Crippen LogP contribution in [0.4, 0.5) is 5.69 Å². The summed E-state index contributed by atoms with van der Waals surface area (Å²) in [7, 11) is 0. The van der Waals surface area contributed by atoms with Gasteiger partial charge in [0, 0.05) is 26.7 Å². The van der Waals surface area contributed by atoms with E-state index in [1.54, 1.807) is 72.8 Å². The average molecular weight is 527 g/mol. The van der Waals surface area contributed by atoms with Crippen LogP contribution in [0.25, 0.3) is 6.08 Å². The molecule has 4 aromatic rings. The summed E-state index contributed by atoms with van der Waals surface area (Å²) < 4.78 is 0. The SMILES string of the molecule is O=C(Nc1ccc(SCC(=O)c2ccccc2)cc1)/C(=C/c1ccccc1Cl)NC(=O)c1ccccc1. The van der Waals surface area contributed by atoms with E-state index in [9.17, 15) is 14.4 Å². The van der Waals surface area contributed by atoms with Crippen LogP contribution in [-0.4, -0.2) is 23.4 Å². The Morgan fingerprint density at radius 3 is 1.97 bits per heavy atom. The third-order valence-corrected chi connectivity index (χ3v) is 6.67. The maximum atomic E-state index is 13.2. The summed E-state index contributed by atoms with van der Waals surface area (Å²) in [6.45, 7) is 0. The van der Waals surface area contributed by atoms with Gasteiger partial charge in [0.2, 0.25) is 0 Å². The lowest BCUT2D eigenvalue weighted by Crippen LogP contribution is -2.30. The summed E-state index contributed by atoms with van der Waals surface area (Å²) in [5.41, 5.74) is 2.29. The van der Waals surface area contributed by atoms with Crippen LogP contribution in [0.2, 0.25) is 5.02 Å². The topological polar surface area (TPSA) is 75.3 Å². The van der Waals surface area contributed by atoms with Gasteiger partial charge in [-0.1, -0.05) is 78.3 Å². The third-order valence-electron chi connectivity index (χ3n) is 5.31. The van der Waals surface area contributed by atoms with Crippen LogP contribution < -0.4 is 10.6 Å². The average Bonchev–Trinajstić information content (AvgIpc) is 2.94. The Morgan fingerprint density at radius 1 is 0.730 bits per heavy atom. The van der Waals surface area contributed by atoms with Gasteiger partial charge in [0.1, 0.15) is 5.70 Å². The van der Waals surface area contributed by atoms with E-state index in [1.807, 2.05) is 36.4 Å². The van der Waals surface area contributed by atoms with E-state index in [0.717, 1.165) is 4.90 Å². The molecule has 0 aliphatic heterocycles. The van der Waals surface area contributed by atoms with Crippen molar-refractivity contribution in [2.75, 3.05) is 11.1 Å². The Balaban J connectivity index is 1.45. The van der Waals surface area contributed by atoms with Crippen molar-refractivity contribution in [2.24, 2.45) is 0 Å². The second kappa shape index (κ2) is 12.7. The van der Waals surface area contributed by atoms with Crippen molar-refractivity contribution in [1.29, 1.82) is 0 Å². The van der Waals surface area contributed by atoms with Crippen LogP contribution in [-0.2, 0) is 4.79 Å². The number of amides is 2. The Morgan fingerprint density at radius 2 is 1.32 bits per heavy atom. The Hall–Kier alpha value is -4.13. The van der Waals surface area contributed by atoms with Crippen LogP contribution in [0.5, 0.6) is 0 Å². The van der Waals surface area contributed by atoms with Crippen molar-refractivity contribution in [2.45, 2.75) is 4.90 Å². The molecular weight excluding hydrogens is 504 g/mol. The predicted molar refractivity (Wildman–Crippen MR) is 150 cm³/mol. The first-order valence-corrected chi connectivity index (χ1v) is 12.8. The number of halogens is 1. The number of ketones is 1. The van der Waals surface area contributed by atoms with Crippen molar-refractivity contribution in [3.8, 4) is 0 Å². The maximum absolute atomic E-state index is 13.2. The molecule has 0 spiro atoms. The van der Waals surface area contributed by atoms with E-state index in [1.165, 1.54) is 17.8 Å². The molecule has 2 amide bonds. The third kappa shape index (κ3) is 7.43. The van der Waals surface area contributed by atoms with Crippen molar-refractivity contribution in [3.05, 3.63) is 137 Å². The summed E-state index contributed by atoms with van der Waals surface area (Å²) >= 11 is 7.70. The summed E-state index contributed by atoms with van der Waals surface area (Å²) in [5.74, 6) is -0.550. The van der Waals surface area contributed by atoms with Gasteiger partial charge in [-0.3, -0.25) is 14.4 Å². The Kier molecular flexibility index (Phi) is 8.92. The van der Waals surface area contributed by atoms with Gasteiger partial charge in [0.05, 0.1) is 5.75 Å². The maximum Gasteiger partial charge on any atom is 0.272 e. The number of hydrogen-bond donors (Lipinski definition) is 2. The van der Waals surface area contributed by atoms with Crippen LogP contribution in [0.15, 0.2) is 120 Å². The fraction of sp³-hybridized carbons (Fsp3) is 0.0333. The number of benzene rings is 4. The number of carbonyl (C=O) groups excluding carboxylic acids is 3. The summed E-state index contributed by atoms with van der Waals surface area (Å²) in [6, 6.07) is 32.0. The van der Waals surface area contributed by atoms with E-state index in [0.29, 0.717) is 33.2 Å². The van der Waals surface area contributed by atoms with Gasteiger partial charge >= 0.3 is 0 Å². The number of carbonyl (C=O) groups is 3. The van der Waals surface area contributed by atoms with Crippen LogP contribution in [0.3, 0.4) is 0 Å². The lowest BCUT2D eigenvalue weighted by molar-refractivity contribution is -0.113. The largest absolute Gasteiger partial charge is 0.321 e. The number of nitrogens with one attached hydrogen (secondary N) is 2. The van der Waals surface area contributed by atoms with Crippen molar-refractivity contribution < 1.29 is 14.4 Å². The van der Waals surface area contributed by atoms with Crippen LogP contribution in [0, 0.1) is 0 Å². The molecule has 0 aliphatic carbocycles. The Bertz CT molecular complexity index is 1420. The molecule has 4 aromatic carbocycles. The van der Waals surface area contributed by atoms with Gasteiger partial charge in [-0.2, -0.15) is 0 Å². The van der Waals surface area contributed by atoms with E-state index < -0.39 is 11.8 Å². The first-order valence-electron chi connectivity index (χ1n) is 11.4. The van der Waals surface area contributed by atoms with Crippen LogP contribution in [0.1, 0.15) is 26.3 Å². The second-order valence-electron chi connectivity index (χ2n) is 7.96. The summed E-state index contributed by atoms with van der Waals surface area (Å²) in [4.78, 5) is 39.2. The molecule has 0 aliphatic rings. The number of anilines is 1. The molecule has 2 N–H and O–H groups in total. The smallest absolute Gasteiger partial charge is 0.272 e. The monoisotopic (exact) mass is 526 g/mol. The number of Topliss-reactive ketones (excluding diaryl/α,β-unsaturated/α-hetero) is 1. The van der Waals surface area contributed by atoms with Gasteiger partial charge in [-0.05, 0) is 54.1 Å². The van der Waals surface area contributed by atoms with Gasteiger partial charge in [0.15, 0.2) is 5.78 Å². The number of rotatable bonds is 9. The fourth-order valence-corrected chi connectivity index (χ4v) is 4.36. The number of thioether (sulfide) groups is 1. The lowest BCUT2D eigenvalue weighted by Gasteiger charge is -2.12. The highest BCUT2D eigenvalue weighted by molar-refractivity contribution is 8.00. The molecule has 5 nitrogen and oxygen atoms in total. The number of hydrogen-bond acceptors (Lipinski definition) is 4. The van der Waals surface area contributed by atoms with E-state index in [2.05, 4.69) is 10.6 Å². The zero-order chi connectivity index (χ0) is 26.0. The first-order chi connectivity index (χ1) is 18.0. The molecule has 0 bridgehead atoms. The summed E-state index contributed by atoms with van der Waals surface area (Å²) in [5, 5.41) is 5.97. The second-order valence-corrected chi connectivity index (χ2v) is 9.41. The molecule has 0 saturated heterocycles. The van der Waals surface area contributed by atoms with E-state index in [-0.39, 0.29) is 11.5 Å². The molecule has 0 aromatic heterocycles. The Labute approximate surface area is 224 Å². The molecular formula is C30H23ClN2O3S. The highest BCUT2D eigenvalue weighted by Crippen LogP contribution is 2.23. The summed E-state index contributed by atoms with van der Waals surface area (Å²) in [6.07, 6.45) is 1.54. The van der Waals surface area contributed by atoms with E-state index in [4.69, 9.17) is 11.6 Å². The normalized spacial score (nSPS) is 11.0. The zero-order valence-electron chi connectivity index (χ0n) is 19.7. The molecule has 0 atom stereocenters. The molecule has 0 heterocycles. The van der Waals surface area contributed by atoms with Gasteiger partial charge in [-0.25, -0.2) is 0 Å². The fourth-order valence-electron chi connectivity index (χ4n) is 3.38. The molecule has 0 radical (unpaired) electrons. The molecule has 0 unspecified atom stereocenters. The predicted octanol–water partition coefficient (Wildman–Crippen LogP) is 6.72. The standard InChI is InChI=1S/C30H23ClN2O3S/c31-26-14-8-7-13-23(26)19-27(33-29(35)22-11-5-2-6-12-22)30(36)32-24-15-17-25(18-16-24)37-20-28(34)21-9-3-1-4-10-21/h1-19H,20H2,(H,32,36)(H,33,35)/b27-19-. The molecule has 4 rings (SSSR count). The minimum absolute atomic E-state index is 0.0477. The van der Waals surface area contributed by atoms with E-state index >= 15 is 0 Å². The molecule has 0 saturated carbocycles. The lowest BCUT2D eigenvalue weighted by atomic mass is 10.1.